The number of hydrogen-bond acceptors (Lipinski definition) is 7. The lowest BCUT2D eigenvalue weighted by atomic mass is 10.3. The molecule has 2 aromatic rings. The van der Waals surface area contributed by atoms with E-state index in [0.717, 1.165) is 25.9 Å². The second kappa shape index (κ2) is 23.1. The summed E-state index contributed by atoms with van der Waals surface area (Å²) in [7, 11) is 0. The van der Waals surface area contributed by atoms with E-state index in [1.807, 2.05) is 0 Å². The molecule has 0 amide bonds. The minimum absolute atomic E-state index is 0.00694. The molecule has 3 rings (SSSR count). The number of aliphatic hydroxyl groups excluding tert-OH is 3. The Kier molecular flexibility index (Phi) is 23.3. The van der Waals surface area contributed by atoms with Gasteiger partial charge in [0.15, 0.2) is 12.0 Å². The van der Waals surface area contributed by atoms with E-state index >= 15 is 0 Å². The highest BCUT2D eigenvalue weighted by Crippen LogP contribution is 2.08. The zero-order valence-corrected chi connectivity index (χ0v) is 17.0. The van der Waals surface area contributed by atoms with Crippen LogP contribution in [0.4, 0.5) is 0 Å². The molecule has 2 aromatic heterocycles. The largest absolute Gasteiger partial charge is 0.467 e. The molecule has 7 heteroatoms. The number of unbranched alkanes of at least 4 members (excludes halogenated alkanes) is 1. The molecule has 0 aliphatic carbocycles. The molecule has 3 heterocycles. The first kappa shape index (κ1) is 28.3. The fraction of sp³-hybridized carbons (Fsp3) is 0.524. The molecule has 161 valence electrons. The highest BCUT2D eigenvalue weighted by molar-refractivity contribution is 5.69. The lowest BCUT2D eigenvalue weighted by molar-refractivity contribution is 0.110. The second-order valence-electron chi connectivity index (χ2n) is 5.40. The summed E-state index contributed by atoms with van der Waals surface area (Å²) in [6.45, 7) is 8.96. The molecule has 1 unspecified atom stereocenters. The van der Waals surface area contributed by atoms with Gasteiger partial charge >= 0.3 is 0 Å². The monoisotopic (exact) mass is 399 g/mol. The van der Waals surface area contributed by atoms with Gasteiger partial charge in [-0.3, -0.25) is 4.79 Å². The molecular weight excluding hydrogens is 364 g/mol. The normalized spacial score (nSPS) is 14.0. The SMILES string of the molecule is CCCCO.CCO.O=Cc1ccco1.OCc1ccco1.[CH2]C1CCCO1. The molecule has 28 heavy (non-hydrogen) atoms. The molecule has 7 nitrogen and oxygen atoms in total. The van der Waals surface area contributed by atoms with Crippen molar-refractivity contribution in [3.8, 4) is 0 Å². The first-order valence-corrected chi connectivity index (χ1v) is 9.37. The predicted molar refractivity (Wildman–Crippen MR) is 108 cm³/mol. The third kappa shape index (κ3) is 20.4. The molecule has 0 aromatic carbocycles. The van der Waals surface area contributed by atoms with Crippen LogP contribution in [0, 0.1) is 6.92 Å². The average molecular weight is 400 g/mol. The van der Waals surface area contributed by atoms with Crippen molar-refractivity contribution in [2.45, 2.75) is 52.2 Å². The fourth-order valence-electron chi connectivity index (χ4n) is 1.56. The average Bonchev–Trinajstić information content (AvgIpc) is 3.48. The topological polar surface area (TPSA) is 113 Å². The van der Waals surface area contributed by atoms with Crippen molar-refractivity contribution in [2.75, 3.05) is 19.8 Å². The van der Waals surface area contributed by atoms with Gasteiger partial charge in [-0.1, -0.05) is 13.3 Å². The van der Waals surface area contributed by atoms with E-state index in [1.54, 1.807) is 31.2 Å². The Morgan fingerprint density at radius 1 is 1.14 bits per heavy atom. The maximum absolute atomic E-state index is 9.77. The Morgan fingerprint density at radius 2 is 1.79 bits per heavy atom. The van der Waals surface area contributed by atoms with Crippen LogP contribution in [-0.4, -0.2) is 47.5 Å². The maximum atomic E-state index is 9.77. The summed E-state index contributed by atoms with van der Waals surface area (Å²) in [5, 5.41) is 24.0. The molecule has 1 aliphatic heterocycles. The van der Waals surface area contributed by atoms with Gasteiger partial charge in [-0.25, -0.2) is 0 Å². The lowest BCUT2D eigenvalue weighted by Crippen LogP contribution is -1.94. The summed E-state index contributed by atoms with van der Waals surface area (Å²) in [5.74, 6) is 0.986. The van der Waals surface area contributed by atoms with Crippen LogP contribution in [0.15, 0.2) is 45.6 Å². The van der Waals surface area contributed by atoms with Crippen molar-refractivity contribution in [3.63, 3.8) is 0 Å². The smallest absolute Gasteiger partial charge is 0.185 e. The molecule has 1 radical (unpaired) electrons. The van der Waals surface area contributed by atoms with E-state index in [0.29, 0.717) is 30.5 Å². The van der Waals surface area contributed by atoms with Crippen LogP contribution < -0.4 is 0 Å². The summed E-state index contributed by atoms with van der Waals surface area (Å²) < 4.78 is 14.4. The molecule has 1 aliphatic rings. The van der Waals surface area contributed by atoms with E-state index in [4.69, 9.17) is 24.5 Å². The summed E-state index contributed by atoms with van der Waals surface area (Å²) in [6.07, 6.45) is 8.35. The van der Waals surface area contributed by atoms with Crippen LogP contribution in [-0.2, 0) is 11.3 Å². The first-order chi connectivity index (χ1) is 13.6. The van der Waals surface area contributed by atoms with Crippen molar-refractivity contribution in [1.82, 2.24) is 0 Å². The zero-order valence-electron chi connectivity index (χ0n) is 17.0. The van der Waals surface area contributed by atoms with Crippen molar-refractivity contribution in [3.05, 3.63) is 55.2 Å². The quantitative estimate of drug-likeness (QED) is 0.673. The van der Waals surface area contributed by atoms with Crippen LogP contribution in [0.2, 0.25) is 0 Å². The Bertz CT molecular complexity index is 487. The Hall–Kier alpha value is -1.93. The maximum Gasteiger partial charge on any atom is 0.185 e. The molecular formula is C21H35O7. The van der Waals surface area contributed by atoms with Gasteiger partial charge in [0.2, 0.25) is 0 Å². The number of ether oxygens (including phenoxy) is 1. The van der Waals surface area contributed by atoms with E-state index in [9.17, 15) is 4.79 Å². The van der Waals surface area contributed by atoms with Gasteiger partial charge in [0.05, 0.1) is 18.6 Å². The second-order valence-corrected chi connectivity index (χ2v) is 5.40. The van der Waals surface area contributed by atoms with Crippen LogP contribution in [0.1, 0.15) is 55.8 Å². The standard InChI is InChI=1S/C5H6O2.C5H4O2.C5H9O.C4H10O.C2H6O/c2*6-4-5-2-1-3-7-5;1-5-3-2-4-6-5;1-2-3-4-5;1-2-3/h1-3,6H,4H2;1-4H;5H,1-4H2;5H,2-4H2,1H3;3H,2H2,1H3. The molecule has 3 N–H and O–H groups in total. The van der Waals surface area contributed by atoms with Crippen molar-refractivity contribution < 1.29 is 33.7 Å². The van der Waals surface area contributed by atoms with Gasteiger partial charge in [0.25, 0.3) is 0 Å². The predicted octanol–water partition coefficient (Wildman–Crippen LogP) is 3.64. The number of aldehydes is 1. The molecule has 1 fully saturated rings. The number of hydrogen-bond donors (Lipinski definition) is 3. The molecule has 1 saturated heterocycles. The third-order valence-electron chi connectivity index (χ3n) is 2.93. The summed E-state index contributed by atoms with van der Waals surface area (Å²) >= 11 is 0. The third-order valence-corrected chi connectivity index (χ3v) is 2.93. The number of furan rings is 2. The van der Waals surface area contributed by atoms with Gasteiger partial charge in [0.1, 0.15) is 12.4 Å². The van der Waals surface area contributed by atoms with Gasteiger partial charge in [0, 0.05) is 19.8 Å². The Morgan fingerprint density at radius 3 is 1.96 bits per heavy atom. The van der Waals surface area contributed by atoms with Gasteiger partial charge < -0.3 is 28.9 Å². The van der Waals surface area contributed by atoms with Crippen LogP contribution in [0.25, 0.3) is 0 Å². The number of carbonyl (C=O) groups is 1. The Labute approximate surface area is 167 Å². The van der Waals surface area contributed by atoms with Crippen molar-refractivity contribution >= 4 is 6.29 Å². The zero-order chi connectivity index (χ0) is 21.5. The summed E-state index contributed by atoms with van der Waals surface area (Å²) in [4.78, 5) is 9.77. The molecule has 0 spiro atoms. The minimum atomic E-state index is -0.00694. The first-order valence-electron chi connectivity index (χ1n) is 9.37. The number of carbonyl (C=O) groups excluding carboxylic acids is 1. The highest BCUT2D eigenvalue weighted by Gasteiger charge is 2.07. The van der Waals surface area contributed by atoms with E-state index in [1.165, 1.54) is 18.9 Å². The fourth-order valence-corrected chi connectivity index (χ4v) is 1.56. The number of rotatable bonds is 4. The van der Waals surface area contributed by atoms with Crippen LogP contribution >= 0.6 is 0 Å². The Balaban J connectivity index is 0. The van der Waals surface area contributed by atoms with E-state index in [-0.39, 0.29) is 13.2 Å². The van der Waals surface area contributed by atoms with Crippen LogP contribution in [0.5, 0.6) is 0 Å². The van der Waals surface area contributed by atoms with E-state index in [2.05, 4.69) is 18.3 Å². The highest BCUT2D eigenvalue weighted by atomic mass is 16.5. The molecule has 1 atom stereocenters. The number of aliphatic hydroxyl groups is 3. The lowest BCUT2D eigenvalue weighted by Gasteiger charge is -1.94. The minimum Gasteiger partial charge on any atom is -0.467 e. The summed E-state index contributed by atoms with van der Waals surface area (Å²) in [6, 6.07) is 6.74. The van der Waals surface area contributed by atoms with E-state index < -0.39 is 0 Å². The van der Waals surface area contributed by atoms with Gasteiger partial charge in [-0.15, -0.1) is 0 Å². The van der Waals surface area contributed by atoms with Crippen LogP contribution in [0.3, 0.4) is 0 Å². The molecule has 0 bridgehead atoms. The molecule has 0 saturated carbocycles. The van der Waals surface area contributed by atoms with Gasteiger partial charge in [-0.2, -0.15) is 0 Å². The van der Waals surface area contributed by atoms with Gasteiger partial charge in [-0.05, 0) is 57.4 Å². The van der Waals surface area contributed by atoms with Crippen molar-refractivity contribution in [1.29, 1.82) is 0 Å². The van der Waals surface area contributed by atoms with Crippen molar-refractivity contribution in [2.24, 2.45) is 0 Å². The summed E-state index contributed by atoms with van der Waals surface area (Å²) in [5.41, 5.74) is 0.